The van der Waals surface area contributed by atoms with Crippen molar-refractivity contribution < 1.29 is 17.9 Å². The van der Waals surface area contributed by atoms with Crippen molar-refractivity contribution in [2.75, 3.05) is 18.0 Å². The number of nitrogens with zero attached hydrogens (tertiary/aromatic N) is 2. The summed E-state index contributed by atoms with van der Waals surface area (Å²) >= 11 is 5.85. The quantitative estimate of drug-likeness (QED) is 0.397. The van der Waals surface area contributed by atoms with Gasteiger partial charge in [-0.15, -0.1) is 0 Å². The molecule has 0 atom stereocenters. The lowest BCUT2D eigenvalue weighted by atomic mass is 10.2. The standard InChI is InChI=1S/C23H22ClN3O4S/c1-17-8-13-22(31-2)21(14-17)27(32(29,30)20-6-4-3-5-7-20)16-23(28)26-25-15-18-9-11-19(24)12-10-18/h3-15H,16H2,1-2H3,(H,26,28)/b25-15-. The van der Waals surface area contributed by atoms with E-state index in [-0.39, 0.29) is 10.6 Å². The first kappa shape index (κ1) is 23.3. The molecule has 0 aliphatic heterocycles. The van der Waals surface area contributed by atoms with Crippen LogP contribution in [0.25, 0.3) is 0 Å². The van der Waals surface area contributed by atoms with E-state index < -0.39 is 22.5 Å². The molecular weight excluding hydrogens is 450 g/mol. The molecule has 3 rings (SSSR count). The fourth-order valence-electron chi connectivity index (χ4n) is 2.91. The Morgan fingerprint density at radius 2 is 1.78 bits per heavy atom. The smallest absolute Gasteiger partial charge is 0.264 e. The van der Waals surface area contributed by atoms with Gasteiger partial charge in [0.15, 0.2) is 0 Å². The van der Waals surface area contributed by atoms with Crippen LogP contribution in [0.1, 0.15) is 11.1 Å². The summed E-state index contributed by atoms with van der Waals surface area (Å²) in [6.45, 7) is 1.34. The maximum atomic E-state index is 13.4. The number of ether oxygens (including phenoxy) is 1. The molecular formula is C23H22ClN3O4S. The van der Waals surface area contributed by atoms with Gasteiger partial charge in [-0.2, -0.15) is 5.10 Å². The van der Waals surface area contributed by atoms with Crippen LogP contribution in [0.5, 0.6) is 5.75 Å². The lowest BCUT2D eigenvalue weighted by molar-refractivity contribution is -0.119. The summed E-state index contributed by atoms with van der Waals surface area (Å²) in [6, 6.07) is 19.9. The van der Waals surface area contributed by atoms with Crippen LogP contribution in [0.4, 0.5) is 5.69 Å². The number of nitrogens with one attached hydrogen (secondary N) is 1. The van der Waals surface area contributed by atoms with E-state index in [9.17, 15) is 13.2 Å². The molecule has 1 N–H and O–H groups in total. The third-order valence-electron chi connectivity index (χ3n) is 4.49. The highest BCUT2D eigenvalue weighted by atomic mass is 35.5. The lowest BCUT2D eigenvalue weighted by Gasteiger charge is -2.25. The Morgan fingerprint density at radius 1 is 1.09 bits per heavy atom. The van der Waals surface area contributed by atoms with E-state index in [1.807, 2.05) is 6.92 Å². The van der Waals surface area contributed by atoms with Crippen LogP contribution in [0.3, 0.4) is 0 Å². The van der Waals surface area contributed by atoms with E-state index in [1.165, 1.54) is 25.5 Å². The number of sulfonamides is 1. The summed E-state index contributed by atoms with van der Waals surface area (Å²) in [4.78, 5) is 12.7. The van der Waals surface area contributed by atoms with Gasteiger partial charge in [0.05, 0.1) is 23.9 Å². The van der Waals surface area contributed by atoms with Gasteiger partial charge >= 0.3 is 0 Å². The molecule has 3 aromatic carbocycles. The van der Waals surface area contributed by atoms with Crippen molar-refractivity contribution in [2.24, 2.45) is 5.10 Å². The van der Waals surface area contributed by atoms with Gasteiger partial charge < -0.3 is 4.74 Å². The Labute approximate surface area is 192 Å². The van der Waals surface area contributed by atoms with E-state index in [0.29, 0.717) is 10.8 Å². The molecule has 0 aliphatic carbocycles. The van der Waals surface area contributed by atoms with Crippen LogP contribution in [-0.2, 0) is 14.8 Å². The van der Waals surface area contributed by atoms with Crippen molar-refractivity contribution in [3.05, 3.63) is 88.9 Å². The number of aryl methyl sites for hydroxylation is 1. The summed E-state index contributed by atoms with van der Waals surface area (Å²) in [6.07, 6.45) is 1.44. The van der Waals surface area contributed by atoms with Crippen LogP contribution in [0, 0.1) is 6.92 Å². The van der Waals surface area contributed by atoms with Crippen LogP contribution in [0.15, 0.2) is 82.8 Å². The zero-order valence-electron chi connectivity index (χ0n) is 17.5. The Kier molecular flexibility index (Phi) is 7.50. The number of amides is 1. The predicted octanol–water partition coefficient (Wildman–Crippen LogP) is 4.00. The molecule has 32 heavy (non-hydrogen) atoms. The second-order valence-corrected chi connectivity index (χ2v) is 9.14. The molecule has 0 bridgehead atoms. The average Bonchev–Trinajstić information content (AvgIpc) is 2.79. The van der Waals surface area contributed by atoms with Gasteiger partial charge in [-0.1, -0.05) is 48.0 Å². The van der Waals surface area contributed by atoms with E-state index in [4.69, 9.17) is 16.3 Å². The minimum Gasteiger partial charge on any atom is -0.495 e. The highest BCUT2D eigenvalue weighted by Crippen LogP contribution is 2.33. The number of methoxy groups -OCH3 is 1. The number of hydrogen-bond acceptors (Lipinski definition) is 5. The molecule has 0 heterocycles. The first-order valence-electron chi connectivity index (χ1n) is 9.61. The van der Waals surface area contributed by atoms with E-state index in [2.05, 4.69) is 10.5 Å². The molecule has 0 saturated heterocycles. The molecule has 7 nitrogen and oxygen atoms in total. The van der Waals surface area contributed by atoms with Crippen LogP contribution in [-0.4, -0.2) is 34.2 Å². The fraction of sp³-hybridized carbons (Fsp3) is 0.130. The fourth-order valence-corrected chi connectivity index (χ4v) is 4.48. The highest BCUT2D eigenvalue weighted by molar-refractivity contribution is 7.92. The van der Waals surface area contributed by atoms with E-state index in [1.54, 1.807) is 60.7 Å². The Morgan fingerprint density at radius 3 is 2.44 bits per heavy atom. The Bertz CT molecular complexity index is 1210. The van der Waals surface area contributed by atoms with Gasteiger partial charge in [0.2, 0.25) is 0 Å². The van der Waals surface area contributed by atoms with E-state index in [0.717, 1.165) is 15.4 Å². The molecule has 0 aromatic heterocycles. The maximum Gasteiger partial charge on any atom is 0.264 e. The third kappa shape index (κ3) is 5.66. The van der Waals surface area contributed by atoms with Crippen molar-refractivity contribution in [1.82, 2.24) is 5.43 Å². The monoisotopic (exact) mass is 471 g/mol. The molecule has 0 saturated carbocycles. The zero-order valence-corrected chi connectivity index (χ0v) is 19.1. The molecule has 3 aromatic rings. The Balaban J connectivity index is 1.90. The minimum atomic E-state index is -4.05. The van der Waals surface area contributed by atoms with Crippen molar-refractivity contribution in [2.45, 2.75) is 11.8 Å². The summed E-state index contributed by atoms with van der Waals surface area (Å²) < 4.78 is 33.2. The van der Waals surface area contributed by atoms with Gasteiger partial charge in [-0.25, -0.2) is 13.8 Å². The van der Waals surface area contributed by atoms with Gasteiger partial charge in [-0.05, 0) is 54.4 Å². The summed E-state index contributed by atoms with van der Waals surface area (Å²) in [5.74, 6) is -0.286. The predicted molar refractivity (Wildman–Crippen MR) is 126 cm³/mol. The van der Waals surface area contributed by atoms with Gasteiger partial charge in [-0.3, -0.25) is 9.10 Å². The van der Waals surface area contributed by atoms with Gasteiger partial charge in [0.1, 0.15) is 12.3 Å². The van der Waals surface area contributed by atoms with E-state index >= 15 is 0 Å². The first-order valence-corrected chi connectivity index (χ1v) is 11.4. The summed E-state index contributed by atoms with van der Waals surface area (Å²) in [5, 5.41) is 4.50. The highest BCUT2D eigenvalue weighted by Gasteiger charge is 2.29. The normalized spacial score (nSPS) is 11.3. The number of halogens is 1. The second kappa shape index (κ2) is 10.3. The average molecular weight is 472 g/mol. The number of benzene rings is 3. The van der Waals surface area contributed by atoms with Crippen molar-refractivity contribution >= 4 is 39.4 Å². The summed E-state index contributed by atoms with van der Waals surface area (Å²) in [7, 11) is -2.61. The largest absolute Gasteiger partial charge is 0.495 e. The van der Waals surface area contributed by atoms with Gasteiger partial charge in [0, 0.05) is 5.02 Å². The SMILES string of the molecule is COc1ccc(C)cc1N(CC(=O)N/N=C\c1ccc(Cl)cc1)S(=O)(=O)c1ccccc1. The number of rotatable bonds is 8. The molecule has 0 aliphatic rings. The number of hydrogen-bond donors (Lipinski definition) is 1. The number of hydrazone groups is 1. The zero-order chi connectivity index (χ0) is 23.1. The van der Waals surface area contributed by atoms with Crippen LogP contribution < -0.4 is 14.5 Å². The Hall–Kier alpha value is -3.36. The topological polar surface area (TPSA) is 88.1 Å². The van der Waals surface area contributed by atoms with Crippen LogP contribution >= 0.6 is 11.6 Å². The molecule has 0 spiro atoms. The van der Waals surface area contributed by atoms with Crippen LogP contribution in [0.2, 0.25) is 5.02 Å². The lowest BCUT2D eigenvalue weighted by Crippen LogP contribution is -2.39. The second-order valence-electron chi connectivity index (χ2n) is 6.84. The van der Waals surface area contributed by atoms with Gasteiger partial charge in [0.25, 0.3) is 15.9 Å². The third-order valence-corrected chi connectivity index (χ3v) is 6.52. The molecule has 9 heteroatoms. The molecule has 0 fully saturated rings. The number of carbonyl (C=O) groups is 1. The number of carbonyl (C=O) groups excluding carboxylic acids is 1. The molecule has 1 amide bonds. The number of anilines is 1. The van der Waals surface area contributed by atoms with Crippen molar-refractivity contribution in [1.29, 1.82) is 0 Å². The van der Waals surface area contributed by atoms with Crippen molar-refractivity contribution in [3.8, 4) is 5.75 Å². The molecule has 0 radical (unpaired) electrons. The summed E-state index contributed by atoms with van der Waals surface area (Å²) in [5.41, 5.74) is 4.17. The maximum absolute atomic E-state index is 13.4. The first-order chi connectivity index (χ1) is 15.3. The molecule has 166 valence electrons. The van der Waals surface area contributed by atoms with Crippen molar-refractivity contribution in [3.63, 3.8) is 0 Å². The molecule has 0 unspecified atom stereocenters. The minimum absolute atomic E-state index is 0.0565.